The van der Waals surface area contributed by atoms with Gasteiger partial charge in [0.25, 0.3) is 0 Å². The van der Waals surface area contributed by atoms with Gasteiger partial charge in [-0.25, -0.2) is 4.39 Å². The number of halogens is 4. The zero-order chi connectivity index (χ0) is 12.1. The molecule has 0 amide bonds. The molecule has 16 heavy (non-hydrogen) atoms. The van der Waals surface area contributed by atoms with Gasteiger partial charge < -0.3 is 5.11 Å². The van der Waals surface area contributed by atoms with Crippen LogP contribution in [0.3, 0.4) is 0 Å². The molecule has 0 spiro atoms. The van der Waals surface area contributed by atoms with Gasteiger partial charge in [-0.2, -0.15) is 0 Å². The highest BCUT2D eigenvalue weighted by molar-refractivity contribution is 6.53. The molecule has 0 bridgehead atoms. The van der Waals surface area contributed by atoms with E-state index in [4.69, 9.17) is 39.9 Å². The van der Waals surface area contributed by atoms with Gasteiger partial charge in [-0.15, -0.1) is 0 Å². The normalized spacial score (nSPS) is 26.5. The van der Waals surface area contributed by atoms with E-state index in [2.05, 4.69) is 0 Å². The van der Waals surface area contributed by atoms with Gasteiger partial charge in [0.2, 0.25) is 0 Å². The summed E-state index contributed by atoms with van der Waals surface area (Å²) in [5.74, 6) is -3.19. The Labute approximate surface area is 106 Å². The van der Waals surface area contributed by atoms with Crippen LogP contribution in [0.2, 0.25) is 5.02 Å². The monoisotopic (exact) mass is 282 g/mol. The summed E-state index contributed by atoms with van der Waals surface area (Å²) in [6, 6.07) is 3.80. The Morgan fingerprint density at radius 2 is 2.00 bits per heavy atom. The Kier molecular flexibility index (Phi) is 2.81. The largest absolute Gasteiger partial charge is 0.481 e. The standard InChI is InChI=1S/C10H6Cl3FO2/c11-5-1-4(2-6(14)3-5)7-8(9(15)16)10(7,12)13/h1-3,7-8H,(H,15,16)/t7-,8+/m1/s1. The molecule has 1 aliphatic rings. The van der Waals surface area contributed by atoms with Crippen molar-refractivity contribution in [3.63, 3.8) is 0 Å². The van der Waals surface area contributed by atoms with Crippen molar-refractivity contribution >= 4 is 40.8 Å². The minimum atomic E-state index is -1.39. The average Bonchev–Trinajstić information content (AvgIpc) is 2.67. The van der Waals surface area contributed by atoms with Crippen molar-refractivity contribution in [3.8, 4) is 0 Å². The molecule has 0 radical (unpaired) electrons. The van der Waals surface area contributed by atoms with E-state index in [-0.39, 0.29) is 5.02 Å². The van der Waals surface area contributed by atoms with Crippen LogP contribution in [-0.2, 0) is 4.79 Å². The number of carboxylic acids is 1. The second-order valence-electron chi connectivity index (χ2n) is 3.67. The SMILES string of the molecule is O=C(O)[C@@H]1[C@@H](c2cc(F)cc(Cl)c2)C1(Cl)Cl. The molecular formula is C10H6Cl3FO2. The third kappa shape index (κ3) is 1.88. The summed E-state index contributed by atoms with van der Waals surface area (Å²) in [6.45, 7) is 0. The summed E-state index contributed by atoms with van der Waals surface area (Å²) in [6.07, 6.45) is 0. The number of alkyl halides is 2. The maximum absolute atomic E-state index is 13.1. The van der Waals surface area contributed by atoms with Gasteiger partial charge in [-0.1, -0.05) is 34.8 Å². The second-order valence-corrected chi connectivity index (χ2v) is 5.55. The molecule has 0 saturated heterocycles. The highest BCUT2D eigenvalue weighted by Crippen LogP contribution is 2.65. The van der Waals surface area contributed by atoms with Crippen molar-refractivity contribution in [2.45, 2.75) is 10.3 Å². The molecule has 1 aliphatic carbocycles. The number of carbonyl (C=O) groups is 1. The number of hydrogen-bond acceptors (Lipinski definition) is 1. The van der Waals surface area contributed by atoms with Gasteiger partial charge >= 0.3 is 5.97 Å². The molecule has 0 aromatic heterocycles. The Morgan fingerprint density at radius 3 is 2.44 bits per heavy atom. The molecule has 6 heteroatoms. The molecule has 86 valence electrons. The lowest BCUT2D eigenvalue weighted by molar-refractivity contribution is -0.138. The fourth-order valence-electron chi connectivity index (χ4n) is 1.80. The summed E-state index contributed by atoms with van der Waals surface area (Å²) in [5, 5.41) is 9.05. The van der Waals surface area contributed by atoms with Crippen LogP contribution in [0.5, 0.6) is 0 Å². The predicted octanol–water partition coefficient (Wildman–Crippen LogP) is 3.45. The summed E-state index contributed by atoms with van der Waals surface area (Å²) in [5.41, 5.74) is 0.405. The molecule has 1 fully saturated rings. The van der Waals surface area contributed by atoms with Crippen molar-refractivity contribution in [1.29, 1.82) is 0 Å². The molecule has 1 N–H and O–H groups in total. The number of benzene rings is 1. The van der Waals surface area contributed by atoms with Crippen LogP contribution in [0.4, 0.5) is 4.39 Å². The van der Waals surface area contributed by atoms with Crippen LogP contribution in [-0.4, -0.2) is 15.4 Å². The molecule has 2 nitrogen and oxygen atoms in total. The third-order valence-corrected chi connectivity index (χ3v) is 3.72. The van der Waals surface area contributed by atoms with Crippen molar-refractivity contribution < 1.29 is 14.3 Å². The average molecular weight is 284 g/mol. The quantitative estimate of drug-likeness (QED) is 0.844. The highest BCUT2D eigenvalue weighted by atomic mass is 35.5. The molecule has 0 unspecified atom stereocenters. The topological polar surface area (TPSA) is 37.3 Å². The van der Waals surface area contributed by atoms with Gasteiger partial charge in [0.1, 0.15) is 10.2 Å². The summed E-state index contributed by atoms with van der Waals surface area (Å²) in [4.78, 5) is 10.8. The molecule has 1 saturated carbocycles. The number of rotatable bonds is 2. The van der Waals surface area contributed by atoms with E-state index in [1.54, 1.807) is 0 Å². The van der Waals surface area contributed by atoms with Crippen LogP contribution >= 0.6 is 34.8 Å². The Hall–Kier alpha value is -0.510. The maximum atomic E-state index is 13.1. The van der Waals surface area contributed by atoms with E-state index in [9.17, 15) is 9.18 Å². The van der Waals surface area contributed by atoms with Crippen molar-refractivity contribution in [2.24, 2.45) is 5.92 Å². The Morgan fingerprint density at radius 1 is 1.38 bits per heavy atom. The van der Waals surface area contributed by atoms with E-state index >= 15 is 0 Å². The molecule has 0 heterocycles. The van der Waals surface area contributed by atoms with Crippen LogP contribution in [0, 0.1) is 11.7 Å². The lowest BCUT2D eigenvalue weighted by atomic mass is 10.1. The van der Waals surface area contributed by atoms with E-state index in [0.717, 1.165) is 6.07 Å². The van der Waals surface area contributed by atoms with Gasteiger partial charge in [0.05, 0.1) is 5.92 Å². The molecule has 0 aliphatic heterocycles. The lowest BCUT2D eigenvalue weighted by Crippen LogP contribution is -2.03. The fourth-order valence-corrected chi connectivity index (χ4v) is 2.85. The van der Waals surface area contributed by atoms with E-state index < -0.39 is 28.0 Å². The minimum absolute atomic E-state index is 0.190. The van der Waals surface area contributed by atoms with E-state index in [1.807, 2.05) is 0 Å². The van der Waals surface area contributed by atoms with Crippen molar-refractivity contribution in [1.82, 2.24) is 0 Å². The van der Waals surface area contributed by atoms with Crippen molar-refractivity contribution in [2.75, 3.05) is 0 Å². The fraction of sp³-hybridized carbons (Fsp3) is 0.300. The van der Waals surface area contributed by atoms with Crippen LogP contribution < -0.4 is 0 Å². The Bertz CT molecular complexity index is 441. The zero-order valence-electron chi connectivity index (χ0n) is 7.75. The van der Waals surface area contributed by atoms with Gasteiger partial charge in [-0.3, -0.25) is 4.79 Å². The molecular weight excluding hydrogens is 277 g/mol. The molecule has 2 rings (SSSR count). The van der Waals surface area contributed by atoms with Gasteiger partial charge in [0, 0.05) is 10.9 Å². The first-order chi connectivity index (χ1) is 7.34. The minimum Gasteiger partial charge on any atom is -0.481 e. The predicted molar refractivity (Wildman–Crippen MR) is 59.7 cm³/mol. The van der Waals surface area contributed by atoms with Crippen LogP contribution in [0.1, 0.15) is 11.5 Å². The molecule has 2 atom stereocenters. The van der Waals surface area contributed by atoms with Crippen LogP contribution in [0.15, 0.2) is 18.2 Å². The number of carboxylic acid groups (broad SMARTS) is 1. The van der Waals surface area contributed by atoms with E-state index in [1.165, 1.54) is 12.1 Å². The van der Waals surface area contributed by atoms with Gasteiger partial charge in [0.15, 0.2) is 0 Å². The summed E-state index contributed by atoms with van der Waals surface area (Å²) >= 11 is 17.3. The number of aliphatic carboxylic acids is 1. The molecule has 1 aromatic carbocycles. The lowest BCUT2D eigenvalue weighted by Gasteiger charge is -2.01. The van der Waals surface area contributed by atoms with E-state index in [0.29, 0.717) is 5.56 Å². The number of hydrogen-bond donors (Lipinski definition) is 1. The zero-order valence-corrected chi connectivity index (χ0v) is 10.0. The first-order valence-corrected chi connectivity index (χ1v) is 5.54. The first-order valence-electron chi connectivity index (χ1n) is 4.40. The summed E-state index contributed by atoms with van der Waals surface area (Å²) < 4.78 is 11.7. The highest BCUT2D eigenvalue weighted by Gasteiger charge is 2.68. The third-order valence-electron chi connectivity index (χ3n) is 2.56. The Balaban J connectivity index is 2.37. The van der Waals surface area contributed by atoms with Gasteiger partial charge in [-0.05, 0) is 23.8 Å². The molecule has 1 aromatic rings. The first kappa shape index (κ1) is 12.0. The maximum Gasteiger partial charge on any atom is 0.310 e. The second kappa shape index (κ2) is 3.76. The smallest absolute Gasteiger partial charge is 0.310 e. The van der Waals surface area contributed by atoms with Crippen LogP contribution in [0.25, 0.3) is 0 Å². The summed E-state index contributed by atoms with van der Waals surface area (Å²) in [7, 11) is 0. The van der Waals surface area contributed by atoms with Crippen molar-refractivity contribution in [3.05, 3.63) is 34.6 Å².